The Balaban J connectivity index is 1.10. The number of aryl methyl sites for hydroxylation is 1. The van der Waals surface area contributed by atoms with Gasteiger partial charge in [-0.2, -0.15) is 0 Å². The van der Waals surface area contributed by atoms with Crippen molar-refractivity contribution in [2.75, 3.05) is 11.4 Å². The number of benzene rings is 2. The van der Waals surface area contributed by atoms with Crippen molar-refractivity contribution in [3.63, 3.8) is 0 Å². The molecule has 6 rings (SSSR count). The summed E-state index contributed by atoms with van der Waals surface area (Å²) in [4.78, 5) is 37.4. The van der Waals surface area contributed by atoms with E-state index >= 15 is 0 Å². The number of nitrogens with zero attached hydrogens (tertiary/aromatic N) is 3. The molecule has 0 bridgehead atoms. The highest BCUT2D eigenvalue weighted by Crippen LogP contribution is 2.39. The second-order valence-corrected chi connectivity index (χ2v) is 10.7. The maximum absolute atomic E-state index is 13.3. The van der Waals surface area contributed by atoms with Gasteiger partial charge >= 0.3 is 0 Å². The number of aromatic nitrogens is 2. The van der Waals surface area contributed by atoms with Crippen molar-refractivity contribution in [1.29, 1.82) is 0 Å². The highest BCUT2D eigenvalue weighted by atomic mass is 16.2. The predicted molar refractivity (Wildman–Crippen MR) is 153 cm³/mol. The van der Waals surface area contributed by atoms with E-state index in [2.05, 4.69) is 25.5 Å². The normalized spacial score (nSPS) is 20.4. The molecular weight excluding hydrogens is 486 g/mol. The first-order chi connectivity index (χ1) is 19.1. The summed E-state index contributed by atoms with van der Waals surface area (Å²) in [5, 5.41) is 7.32. The van der Waals surface area contributed by atoms with E-state index in [1.54, 1.807) is 12.4 Å². The van der Waals surface area contributed by atoms with Gasteiger partial charge in [0, 0.05) is 48.5 Å². The Morgan fingerprint density at radius 1 is 0.949 bits per heavy atom. The molecule has 2 N–H and O–H groups in total. The zero-order chi connectivity index (χ0) is 26.8. The van der Waals surface area contributed by atoms with Gasteiger partial charge < -0.3 is 15.5 Å². The molecule has 198 valence electrons. The van der Waals surface area contributed by atoms with Crippen molar-refractivity contribution < 1.29 is 9.59 Å². The minimum absolute atomic E-state index is 0.0285. The molecule has 7 nitrogen and oxygen atoms in total. The van der Waals surface area contributed by atoms with Gasteiger partial charge in [-0.25, -0.2) is 4.98 Å². The average molecular weight is 520 g/mol. The van der Waals surface area contributed by atoms with Crippen LogP contribution in [0.1, 0.15) is 57.5 Å². The van der Waals surface area contributed by atoms with Gasteiger partial charge in [-0.05, 0) is 73.9 Å². The Morgan fingerprint density at radius 2 is 1.82 bits per heavy atom. The van der Waals surface area contributed by atoms with E-state index in [0.29, 0.717) is 29.6 Å². The quantitative estimate of drug-likeness (QED) is 0.373. The molecule has 0 spiro atoms. The van der Waals surface area contributed by atoms with Crippen LogP contribution in [0.3, 0.4) is 0 Å². The molecule has 1 saturated heterocycles. The monoisotopic (exact) mass is 519 g/mol. The van der Waals surface area contributed by atoms with Crippen molar-refractivity contribution in [3.05, 3.63) is 101 Å². The topological polar surface area (TPSA) is 87.2 Å². The summed E-state index contributed by atoms with van der Waals surface area (Å²) in [7, 11) is 0. The van der Waals surface area contributed by atoms with E-state index in [0.717, 1.165) is 60.1 Å². The van der Waals surface area contributed by atoms with Crippen LogP contribution in [0.25, 0.3) is 10.9 Å². The number of carbonyl (C=O) groups excluding carboxylic acids is 2. The van der Waals surface area contributed by atoms with Gasteiger partial charge in [0.2, 0.25) is 0 Å². The number of anilines is 1. The molecule has 0 radical (unpaired) electrons. The Labute approximate surface area is 228 Å². The number of hydrogen-bond acceptors (Lipinski definition) is 5. The zero-order valence-corrected chi connectivity index (χ0v) is 22.1. The van der Waals surface area contributed by atoms with Crippen LogP contribution in [0.2, 0.25) is 0 Å². The number of carbonyl (C=O) groups is 2. The predicted octanol–water partition coefficient (Wildman–Crippen LogP) is 5.05. The number of hydrogen-bond donors (Lipinski definition) is 2. The van der Waals surface area contributed by atoms with Gasteiger partial charge in [0.05, 0.1) is 11.1 Å². The number of fused-ring (bicyclic) bond motifs is 2. The van der Waals surface area contributed by atoms with Crippen molar-refractivity contribution >= 4 is 28.5 Å². The van der Waals surface area contributed by atoms with Gasteiger partial charge in [-0.1, -0.05) is 42.5 Å². The largest absolute Gasteiger partial charge is 0.353 e. The summed E-state index contributed by atoms with van der Waals surface area (Å²) in [5.74, 6) is 1.25. The average Bonchev–Trinajstić information content (AvgIpc) is 3.39. The Hall–Kier alpha value is -4.26. The van der Waals surface area contributed by atoms with Crippen LogP contribution in [-0.2, 0) is 6.54 Å². The fourth-order valence-corrected chi connectivity index (χ4v) is 6.26. The molecule has 3 heterocycles. The van der Waals surface area contributed by atoms with Crippen LogP contribution in [0.5, 0.6) is 0 Å². The van der Waals surface area contributed by atoms with Crippen LogP contribution < -0.4 is 15.5 Å². The third-order valence-electron chi connectivity index (χ3n) is 8.24. The first-order valence-electron chi connectivity index (χ1n) is 13.8. The maximum atomic E-state index is 13.3. The molecule has 1 aliphatic carbocycles. The highest BCUT2D eigenvalue weighted by molar-refractivity contribution is 6.00. The number of amides is 2. The van der Waals surface area contributed by atoms with Gasteiger partial charge in [0.1, 0.15) is 5.82 Å². The summed E-state index contributed by atoms with van der Waals surface area (Å²) in [6, 6.07) is 21.9. The molecule has 2 aromatic heterocycles. The molecule has 39 heavy (non-hydrogen) atoms. The third-order valence-corrected chi connectivity index (χ3v) is 8.24. The Morgan fingerprint density at radius 3 is 2.64 bits per heavy atom. The second kappa shape index (κ2) is 10.8. The number of nitrogens with one attached hydrogen (secondary N) is 2. The summed E-state index contributed by atoms with van der Waals surface area (Å²) in [6.07, 6.45) is 7.56. The van der Waals surface area contributed by atoms with Crippen LogP contribution >= 0.6 is 0 Å². The molecule has 2 fully saturated rings. The van der Waals surface area contributed by atoms with Crippen molar-refractivity contribution in [1.82, 2.24) is 20.6 Å². The molecule has 3 unspecified atom stereocenters. The van der Waals surface area contributed by atoms with E-state index in [-0.39, 0.29) is 17.9 Å². The first-order valence-corrected chi connectivity index (χ1v) is 13.8. The molecule has 3 atom stereocenters. The number of rotatable bonds is 6. The lowest BCUT2D eigenvalue weighted by molar-refractivity contribution is 0.0932. The molecule has 2 aliphatic rings. The first kappa shape index (κ1) is 25.0. The number of piperidine rings is 1. The second-order valence-electron chi connectivity index (χ2n) is 10.7. The summed E-state index contributed by atoms with van der Waals surface area (Å²) in [6.45, 7) is 3.39. The lowest BCUT2D eigenvalue weighted by Crippen LogP contribution is -2.43. The number of pyridine rings is 2. The lowest BCUT2D eigenvalue weighted by atomic mass is 9.92. The SMILES string of the molecule is Cc1c(C(=O)NC2CC3CCCN(c4ccc(C(=O)NCc5ccccc5)cn4)C3C2)ccc2cccnc12. The third kappa shape index (κ3) is 5.21. The van der Waals surface area contributed by atoms with Crippen LogP contribution in [0.15, 0.2) is 79.1 Å². The molecular formula is C32H33N5O2. The minimum atomic E-state index is -0.128. The lowest BCUT2D eigenvalue weighted by Gasteiger charge is -2.38. The minimum Gasteiger partial charge on any atom is -0.353 e. The summed E-state index contributed by atoms with van der Waals surface area (Å²) < 4.78 is 0. The van der Waals surface area contributed by atoms with Crippen molar-refractivity contribution in [2.24, 2.45) is 5.92 Å². The van der Waals surface area contributed by atoms with Crippen molar-refractivity contribution in [2.45, 2.75) is 51.2 Å². The van der Waals surface area contributed by atoms with E-state index in [1.165, 1.54) is 0 Å². The summed E-state index contributed by atoms with van der Waals surface area (Å²) in [5.41, 5.74) is 4.10. The van der Waals surface area contributed by atoms with Gasteiger partial charge in [0.15, 0.2) is 0 Å². The standard InChI is InChI=1S/C32H33N5O2/c1-21-27(13-11-23-9-5-15-33-30(21)23)32(39)36-26-17-24-10-6-16-37(28(24)18-26)29-14-12-25(20-34-29)31(38)35-19-22-7-3-2-4-8-22/h2-5,7-9,11-15,20,24,26,28H,6,10,16-19H2,1H3,(H,35,38)(H,36,39). The smallest absolute Gasteiger partial charge is 0.253 e. The van der Waals surface area contributed by atoms with E-state index < -0.39 is 0 Å². The van der Waals surface area contributed by atoms with Gasteiger partial charge in [-0.3, -0.25) is 14.6 Å². The Bertz CT molecular complexity index is 1490. The van der Waals surface area contributed by atoms with Crippen LogP contribution in [0.4, 0.5) is 5.82 Å². The van der Waals surface area contributed by atoms with E-state index in [4.69, 9.17) is 0 Å². The zero-order valence-electron chi connectivity index (χ0n) is 22.1. The molecule has 4 aromatic rings. The van der Waals surface area contributed by atoms with Crippen LogP contribution in [0, 0.1) is 12.8 Å². The highest BCUT2D eigenvalue weighted by Gasteiger charge is 2.41. The van der Waals surface area contributed by atoms with E-state index in [1.807, 2.05) is 73.7 Å². The summed E-state index contributed by atoms with van der Waals surface area (Å²) >= 11 is 0. The van der Waals surface area contributed by atoms with Crippen LogP contribution in [-0.4, -0.2) is 40.4 Å². The molecule has 7 heteroatoms. The fourth-order valence-electron chi connectivity index (χ4n) is 6.26. The molecule has 1 aliphatic heterocycles. The Kier molecular flexibility index (Phi) is 6.97. The van der Waals surface area contributed by atoms with E-state index in [9.17, 15) is 9.59 Å². The molecule has 2 amide bonds. The molecule has 2 aromatic carbocycles. The van der Waals surface area contributed by atoms with Gasteiger partial charge in [-0.15, -0.1) is 0 Å². The van der Waals surface area contributed by atoms with Gasteiger partial charge in [0.25, 0.3) is 11.8 Å². The maximum Gasteiger partial charge on any atom is 0.253 e. The fraction of sp³-hybridized carbons (Fsp3) is 0.312. The molecule has 1 saturated carbocycles. The van der Waals surface area contributed by atoms with Crippen molar-refractivity contribution in [3.8, 4) is 0 Å².